The van der Waals surface area contributed by atoms with Gasteiger partial charge in [0.05, 0.1) is 24.9 Å². The molecule has 0 radical (unpaired) electrons. The number of nitrogens with one attached hydrogen (secondary N) is 1. The van der Waals surface area contributed by atoms with Gasteiger partial charge in [-0.1, -0.05) is 60.7 Å². The molecule has 3 aromatic carbocycles. The van der Waals surface area contributed by atoms with E-state index in [2.05, 4.69) is 5.32 Å². The van der Waals surface area contributed by atoms with Crippen LogP contribution >= 0.6 is 0 Å². The Hall–Kier alpha value is -3.42. The summed E-state index contributed by atoms with van der Waals surface area (Å²) in [5.41, 5.74) is 1.22. The van der Waals surface area contributed by atoms with Crippen molar-refractivity contribution in [3.63, 3.8) is 0 Å². The molecule has 0 saturated heterocycles. The number of rotatable bonds is 11. The van der Waals surface area contributed by atoms with E-state index in [9.17, 15) is 19.8 Å². The first-order valence-corrected chi connectivity index (χ1v) is 12.9. The number of aliphatic hydroxyl groups excluding tert-OH is 1. The van der Waals surface area contributed by atoms with Crippen LogP contribution in [0, 0.1) is 11.8 Å². The molecule has 1 amide bonds. The average molecular weight is 506 g/mol. The second-order valence-corrected chi connectivity index (χ2v) is 9.83. The number of benzene rings is 3. The van der Waals surface area contributed by atoms with E-state index in [0.29, 0.717) is 29.8 Å². The van der Waals surface area contributed by atoms with E-state index in [1.54, 1.807) is 13.0 Å². The molecule has 37 heavy (non-hydrogen) atoms. The van der Waals surface area contributed by atoms with Gasteiger partial charge in [-0.25, -0.2) is 4.79 Å². The van der Waals surface area contributed by atoms with Crippen molar-refractivity contribution < 1.29 is 29.3 Å². The van der Waals surface area contributed by atoms with Gasteiger partial charge in [0.2, 0.25) is 0 Å². The maximum absolute atomic E-state index is 13.4. The highest BCUT2D eigenvalue weighted by molar-refractivity contribution is 6.04. The minimum Gasteiger partial charge on any atom is -0.492 e. The van der Waals surface area contributed by atoms with Gasteiger partial charge >= 0.3 is 5.97 Å². The normalized spacial score (nSPS) is 19.2. The molecule has 1 aliphatic carbocycles. The Kier molecular flexibility index (Phi) is 9.14. The lowest BCUT2D eigenvalue weighted by Crippen LogP contribution is -2.48. The number of carbonyl (C=O) groups excluding carboxylic acids is 1. The molecule has 0 aliphatic heterocycles. The highest BCUT2D eigenvalue weighted by Crippen LogP contribution is 2.33. The molecule has 0 heterocycles. The number of carbonyl (C=O) groups is 2. The maximum atomic E-state index is 13.4. The number of hydrogen-bond acceptors (Lipinski definition) is 5. The number of carboxylic acid groups (broad SMARTS) is 1. The molecule has 1 fully saturated rings. The number of carboxylic acids is 1. The van der Waals surface area contributed by atoms with E-state index in [4.69, 9.17) is 9.47 Å². The molecule has 0 spiro atoms. The summed E-state index contributed by atoms with van der Waals surface area (Å²) in [5, 5.41) is 23.7. The topological polar surface area (TPSA) is 105 Å². The molecule has 7 heteroatoms. The van der Waals surface area contributed by atoms with Crippen molar-refractivity contribution in [2.24, 2.45) is 11.8 Å². The Bertz CT molecular complexity index is 1190. The van der Waals surface area contributed by atoms with Crippen molar-refractivity contribution in [1.82, 2.24) is 5.32 Å². The standard InChI is InChI=1S/C30H35NO6/c1-20(36-18-22-7-3-2-4-8-22)27(30(34)35)31-29(33)26-16-15-24-9-5-6-10-25(24)28(26)37-19-23-13-11-21(17-32)12-14-23/h2-10,15-16,20-21,23,27,32H,11-14,17-19H2,1H3,(H,31,33)(H,34,35)/t20-,21?,23?,27+/m1/s1. The molecular formula is C30H35NO6. The molecule has 0 unspecified atom stereocenters. The largest absolute Gasteiger partial charge is 0.492 e. The molecule has 7 nitrogen and oxygen atoms in total. The first-order valence-electron chi connectivity index (χ1n) is 12.9. The third-order valence-corrected chi connectivity index (χ3v) is 7.19. The summed E-state index contributed by atoms with van der Waals surface area (Å²) in [7, 11) is 0. The predicted molar refractivity (Wildman–Crippen MR) is 142 cm³/mol. The second kappa shape index (κ2) is 12.7. The van der Waals surface area contributed by atoms with Crippen molar-refractivity contribution in [3.05, 3.63) is 77.9 Å². The van der Waals surface area contributed by atoms with E-state index in [-0.39, 0.29) is 13.2 Å². The van der Waals surface area contributed by atoms with Gasteiger partial charge in [-0.05, 0) is 61.5 Å². The minimum absolute atomic E-state index is 0.222. The van der Waals surface area contributed by atoms with Gasteiger partial charge in [0, 0.05) is 12.0 Å². The quantitative estimate of drug-likeness (QED) is 0.346. The zero-order chi connectivity index (χ0) is 26.2. The zero-order valence-electron chi connectivity index (χ0n) is 21.1. The molecule has 3 aromatic rings. The van der Waals surface area contributed by atoms with Crippen LogP contribution in [-0.2, 0) is 16.1 Å². The van der Waals surface area contributed by atoms with E-state index < -0.39 is 24.0 Å². The molecule has 3 N–H and O–H groups in total. The van der Waals surface area contributed by atoms with Gasteiger partial charge < -0.3 is 25.0 Å². The summed E-state index contributed by atoms with van der Waals surface area (Å²) in [6.07, 6.45) is 3.11. The van der Waals surface area contributed by atoms with Gasteiger partial charge in [0.1, 0.15) is 5.75 Å². The van der Waals surface area contributed by atoms with Gasteiger partial charge in [-0.2, -0.15) is 0 Å². The summed E-state index contributed by atoms with van der Waals surface area (Å²) >= 11 is 0. The van der Waals surface area contributed by atoms with Crippen LogP contribution in [0.4, 0.5) is 0 Å². The fourth-order valence-corrected chi connectivity index (χ4v) is 4.86. The highest BCUT2D eigenvalue weighted by atomic mass is 16.5. The van der Waals surface area contributed by atoms with Crippen LogP contribution in [0.1, 0.15) is 48.5 Å². The Morgan fingerprint density at radius 2 is 1.62 bits per heavy atom. The third kappa shape index (κ3) is 6.87. The van der Waals surface area contributed by atoms with Crippen LogP contribution in [0.25, 0.3) is 10.8 Å². The first kappa shape index (κ1) is 26.6. The Balaban J connectivity index is 1.50. The van der Waals surface area contributed by atoms with Crippen LogP contribution in [0.15, 0.2) is 66.7 Å². The summed E-state index contributed by atoms with van der Waals surface area (Å²) in [5.74, 6) is -0.531. The van der Waals surface area contributed by atoms with Crippen LogP contribution < -0.4 is 10.1 Å². The molecule has 196 valence electrons. The van der Waals surface area contributed by atoms with E-state index in [1.807, 2.05) is 60.7 Å². The monoisotopic (exact) mass is 505 g/mol. The number of aliphatic carboxylic acids is 1. The SMILES string of the molecule is C[C@@H](OCc1ccccc1)[C@H](NC(=O)c1ccc2ccccc2c1OCC1CCC(CO)CC1)C(=O)O. The molecule has 1 aliphatic rings. The molecule has 2 atom stereocenters. The molecule has 0 bridgehead atoms. The first-order chi connectivity index (χ1) is 18.0. The average Bonchev–Trinajstić information content (AvgIpc) is 2.93. The van der Waals surface area contributed by atoms with Gasteiger partial charge in [0.15, 0.2) is 6.04 Å². The molecule has 4 rings (SSSR count). The van der Waals surface area contributed by atoms with Crippen molar-refractivity contribution >= 4 is 22.6 Å². The lowest BCUT2D eigenvalue weighted by Gasteiger charge is -2.28. The van der Waals surface area contributed by atoms with Gasteiger partial charge in [-0.3, -0.25) is 4.79 Å². The lowest BCUT2D eigenvalue weighted by molar-refractivity contribution is -0.143. The fourth-order valence-electron chi connectivity index (χ4n) is 4.86. The summed E-state index contributed by atoms with van der Waals surface area (Å²) in [6, 6.07) is 19.4. The lowest BCUT2D eigenvalue weighted by atomic mass is 9.83. The minimum atomic E-state index is -1.23. The zero-order valence-corrected chi connectivity index (χ0v) is 21.1. The van der Waals surface area contributed by atoms with Gasteiger partial charge in [-0.15, -0.1) is 0 Å². The van der Waals surface area contributed by atoms with E-state index in [1.165, 1.54) is 0 Å². The molecule has 0 aromatic heterocycles. The number of amides is 1. The van der Waals surface area contributed by atoms with Crippen molar-refractivity contribution in [2.45, 2.75) is 51.4 Å². The summed E-state index contributed by atoms with van der Waals surface area (Å²) in [4.78, 5) is 25.5. The Morgan fingerprint density at radius 3 is 2.32 bits per heavy atom. The third-order valence-electron chi connectivity index (χ3n) is 7.19. The predicted octanol–water partition coefficient (Wildman–Crippen LogP) is 4.81. The van der Waals surface area contributed by atoms with Crippen LogP contribution in [0.5, 0.6) is 5.75 Å². The van der Waals surface area contributed by atoms with E-state index in [0.717, 1.165) is 42.0 Å². The van der Waals surface area contributed by atoms with Crippen LogP contribution in [0.3, 0.4) is 0 Å². The van der Waals surface area contributed by atoms with Crippen molar-refractivity contribution in [1.29, 1.82) is 0 Å². The van der Waals surface area contributed by atoms with Crippen molar-refractivity contribution in [2.75, 3.05) is 13.2 Å². The molecule has 1 saturated carbocycles. The number of ether oxygens (including phenoxy) is 2. The van der Waals surface area contributed by atoms with Crippen molar-refractivity contribution in [3.8, 4) is 5.75 Å². The number of aliphatic hydroxyl groups is 1. The van der Waals surface area contributed by atoms with Crippen LogP contribution in [-0.4, -0.2) is 47.4 Å². The van der Waals surface area contributed by atoms with E-state index >= 15 is 0 Å². The fraction of sp³-hybridized carbons (Fsp3) is 0.400. The molecular weight excluding hydrogens is 470 g/mol. The number of fused-ring (bicyclic) bond motifs is 1. The Morgan fingerprint density at radius 1 is 0.946 bits per heavy atom. The summed E-state index contributed by atoms with van der Waals surface area (Å²) < 4.78 is 12.1. The smallest absolute Gasteiger partial charge is 0.328 e. The highest BCUT2D eigenvalue weighted by Gasteiger charge is 2.29. The van der Waals surface area contributed by atoms with Gasteiger partial charge in [0.25, 0.3) is 5.91 Å². The number of hydrogen-bond donors (Lipinski definition) is 3. The summed E-state index contributed by atoms with van der Waals surface area (Å²) in [6.45, 7) is 2.57. The maximum Gasteiger partial charge on any atom is 0.328 e. The van der Waals surface area contributed by atoms with Crippen LogP contribution in [0.2, 0.25) is 0 Å². The Labute approximate surface area is 217 Å². The second-order valence-electron chi connectivity index (χ2n) is 9.83.